The fourth-order valence-corrected chi connectivity index (χ4v) is 4.17. The second-order valence-corrected chi connectivity index (χ2v) is 8.83. The van der Waals surface area contributed by atoms with Gasteiger partial charge in [-0.1, -0.05) is 57.2 Å². The Hall–Kier alpha value is -4.14. The van der Waals surface area contributed by atoms with Gasteiger partial charge in [-0.05, 0) is 35.6 Å². The molecule has 0 radical (unpaired) electrons. The first-order valence-corrected chi connectivity index (χ1v) is 11.5. The highest BCUT2D eigenvalue weighted by Gasteiger charge is 2.25. The molecule has 182 valence electrons. The molecular weight excluding hydrogens is 448 g/mol. The lowest BCUT2D eigenvalue weighted by Crippen LogP contribution is -2.38. The van der Waals surface area contributed by atoms with Crippen LogP contribution >= 0.6 is 0 Å². The van der Waals surface area contributed by atoms with Crippen molar-refractivity contribution >= 4 is 22.6 Å². The van der Waals surface area contributed by atoms with Gasteiger partial charge in [-0.2, -0.15) is 5.10 Å². The zero-order valence-corrected chi connectivity index (χ0v) is 20.2. The SMILES string of the molecule is CCC=C(Cn1nc2c(c1-c1ccc(C(=O)O)o1)c(=O)n(C)c(=O)n2CC(C)C)c1ccccc1. The Morgan fingerprint density at radius 3 is 2.46 bits per heavy atom. The minimum absolute atomic E-state index is 0.129. The standard InChI is InChI=1S/C26H28N4O5/c1-5-9-18(17-10-7-6-8-11-17)15-30-22(19-12-13-20(35-19)25(32)33)21-23(27-30)29(14-16(2)3)26(34)28(4)24(21)31/h6-13,16H,5,14-15H2,1-4H3,(H,32,33). The van der Waals surface area contributed by atoms with E-state index in [2.05, 4.69) is 6.08 Å². The molecule has 1 N–H and O–H groups in total. The van der Waals surface area contributed by atoms with Gasteiger partial charge in [-0.15, -0.1) is 0 Å². The molecule has 0 aliphatic heterocycles. The van der Waals surface area contributed by atoms with Gasteiger partial charge in [-0.3, -0.25) is 18.6 Å². The first-order valence-electron chi connectivity index (χ1n) is 11.5. The Balaban J connectivity index is 2.04. The summed E-state index contributed by atoms with van der Waals surface area (Å²) in [6.45, 7) is 6.65. The largest absolute Gasteiger partial charge is 0.475 e. The zero-order chi connectivity index (χ0) is 25.3. The number of aromatic nitrogens is 4. The minimum Gasteiger partial charge on any atom is -0.475 e. The number of hydrogen-bond acceptors (Lipinski definition) is 5. The second-order valence-electron chi connectivity index (χ2n) is 8.83. The summed E-state index contributed by atoms with van der Waals surface area (Å²) in [6.07, 6.45) is 2.86. The first kappa shape index (κ1) is 24.0. The minimum atomic E-state index is -1.22. The molecule has 0 saturated carbocycles. The van der Waals surface area contributed by atoms with Gasteiger partial charge in [0.05, 0.1) is 6.54 Å². The van der Waals surface area contributed by atoms with Crippen molar-refractivity contribution in [2.45, 2.75) is 40.3 Å². The number of benzene rings is 1. The highest BCUT2D eigenvalue weighted by Crippen LogP contribution is 2.30. The van der Waals surface area contributed by atoms with Crippen LogP contribution in [-0.4, -0.2) is 30.0 Å². The smallest absolute Gasteiger partial charge is 0.371 e. The van der Waals surface area contributed by atoms with Crippen LogP contribution in [0.1, 0.15) is 43.3 Å². The predicted octanol–water partition coefficient (Wildman–Crippen LogP) is 4.00. The van der Waals surface area contributed by atoms with Crippen molar-refractivity contribution in [2.75, 3.05) is 0 Å². The molecule has 3 heterocycles. The monoisotopic (exact) mass is 476 g/mol. The molecule has 0 aliphatic rings. The van der Waals surface area contributed by atoms with Crippen molar-refractivity contribution in [1.82, 2.24) is 18.9 Å². The Morgan fingerprint density at radius 1 is 1.14 bits per heavy atom. The number of nitrogens with zero attached hydrogens (tertiary/aromatic N) is 4. The number of furan rings is 1. The van der Waals surface area contributed by atoms with E-state index in [1.165, 1.54) is 23.7 Å². The van der Waals surface area contributed by atoms with E-state index >= 15 is 0 Å². The van der Waals surface area contributed by atoms with Crippen LogP contribution in [0.5, 0.6) is 0 Å². The summed E-state index contributed by atoms with van der Waals surface area (Å²) in [5, 5.41) is 14.3. The summed E-state index contributed by atoms with van der Waals surface area (Å²) in [6, 6.07) is 12.7. The lowest BCUT2D eigenvalue weighted by molar-refractivity contribution is 0.0663. The summed E-state index contributed by atoms with van der Waals surface area (Å²) < 4.78 is 9.79. The number of carbonyl (C=O) groups is 1. The summed E-state index contributed by atoms with van der Waals surface area (Å²) in [7, 11) is 1.43. The molecule has 0 bridgehead atoms. The lowest BCUT2D eigenvalue weighted by Gasteiger charge is -2.11. The van der Waals surface area contributed by atoms with E-state index < -0.39 is 17.2 Å². The van der Waals surface area contributed by atoms with Gasteiger partial charge in [0.2, 0.25) is 5.76 Å². The van der Waals surface area contributed by atoms with Crippen molar-refractivity contribution in [2.24, 2.45) is 13.0 Å². The number of aromatic carboxylic acids is 1. The van der Waals surface area contributed by atoms with Crippen LogP contribution in [0.2, 0.25) is 0 Å². The van der Waals surface area contributed by atoms with Crippen molar-refractivity contribution in [3.8, 4) is 11.5 Å². The molecule has 1 aromatic carbocycles. The van der Waals surface area contributed by atoms with Crippen LogP contribution in [0.3, 0.4) is 0 Å². The van der Waals surface area contributed by atoms with Gasteiger partial charge in [-0.25, -0.2) is 9.59 Å². The molecule has 35 heavy (non-hydrogen) atoms. The summed E-state index contributed by atoms with van der Waals surface area (Å²) in [5.74, 6) is -1.14. The van der Waals surface area contributed by atoms with Gasteiger partial charge in [0, 0.05) is 13.6 Å². The molecule has 4 rings (SSSR count). The van der Waals surface area contributed by atoms with Crippen LogP contribution in [0, 0.1) is 5.92 Å². The van der Waals surface area contributed by atoms with Crippen LogP contribution in [0.15, 0.2) is 62.5 Å². The molecule has 0 amide bonds. The maximum Gasteiger partial charge on any atom is 0.371 e. The van der Waals surface area contributed by atoms with E-state index in [4.69, 9.17) is 9.52 Å². The molecule has 9 nitrogen and oxygen atoms in total. The number of hydrogen-bond donors (Lipinski definition) is 1. The van der Waals surface area contributed by atoms with E-state index in [-0.39, 0.29) is 28.5 Å². The molecule has 0 spiro atoms. The summed E-state index contributed by atoms with van der Waals surface area (Å²) >= 11 is 0. The normalized spacial score (nSPS) is 12.1. The van der Waals surface area contributed by atoms with Crippen LogP contribution in [-0.2, 0) is 20.1 Å². The number of carboxylic acid groups (broad SMARTS) is 1. The first-order chi connectivity index (χ1) is 16.7. The van der Waals surface area contributed by atoms with Crippen molar-refractivity contribution in [1.29, 1.82) is 0 Å². The van der Waals surface area contributed by atoms with Gasteiger partial charge < -0.3 is 9.52 Å². The highest BCUT2D eigenvalue weighted by atomic mass is 16.4. The number of carboxylic acids is 1. The van der Waals surface area contributed by atoms with E-state index in [9.17, 15) is 19.5 Å². The highest BCUT2D eigenvalue weighted by molar-refractivity contribution is 5.91. The zero-order valence-electron chi connectivity index (χ0n) is 20.2. The van der Waals surface area contributed by atoms with Crippen molar-refractivity contribution in [3.05, 3.63) is 80.7 Å². The molecule has 3 aromatic heterocycles. The van der Waals surface area contributed by atoms with E-state index in [0.717, 1.165) is 22.1 Å². The molecule has 4 aromatic rings. The number of fused-ring (bicyclic) bond motifs is 1. The fourth-order valence-electron chi connectivity index (χ4n) is 4.17. The van der Waals surface area contributed by atoms with Crippen LogP contribution in [0.25, 0.3) is 28.1 Å². The van der Waals surface area contributed by atoms with Gasteiger partial charge in [0.25, 0.3) is 5.56 Å². The fraction of sp³-hybridized carbons (Fsp3) is 0.308. The predicted molar refractivity (Wildman–Crippen MR) is 133 cm³/mol. The Labute approximate surface area is 201 Å². The Bertz CT molecular complexity index is 1530. The van der Waals surface area contributed by atoms with Gasteiger partial charge in [0.1, 0.15) is 11.1 Å². The molecule has 9 heteroatoms. The Kier molecular flexibility index (Phi) is 6.59. The van der Waals surface area contributed by atoms with E-state index in [1.54, 1.807) is 4.68 Å². The average Bonchev–Trinajstić information content (AvgIpc) is 3.46. The average molecular weight is 477 g/mol. The summed E-state index contributed by atoms with van der Waals surface area (Å²) in [5.41, 5.74) is 1.59. The summed E-state index contributed by atoms with van der Waals surface area (Å²) in [4.78, 5) is 37.8. The van der Waals surface area contributed by atoms with Crippen LogP contribution in [0.4, 0.5) is 0 Å². The molecule has 0 saturated heterocycles. The molecular formula is C26H28N4O5. The van der Waals surface area contributed by atoms with E-state index in [1.807, 2.05) is 51.1 Å². The Morgan fingerprint density at radius 2 is 1.86 bits per heavy atom. The maximum absolute atomic E-state index is 13.3. The third-order valence-electron chi connectivity index (χ3n) is 5.74. The molecule has 0 atom stereocenters. The lowest BCUT2D eigenvalue weighted by atomic mass is 10.0. The quantitative estimate of drug-likeness (QED) is 0.411. The van der Waals surface area contributed by atoms with Crippen molar-refractivity contribution < 1.29 is 14.3 Å². The number of allylic oxidation sites excluding steroid dienone is 2. The van der Waals surface area contributed by atoms with Crippen molar-refractivity contribution in [3.63, 3.8) is 0 Å². The maximum atomic E-state index is 13.3. The van der Waals surface area contributed by atoms with Gasteiger partial charge >= 0.3 is 11.7 Å². The van der Waals surface area contributed by atoms with Crippen LogP contribution < -0.4 is 11.2 Å². The van der Waals surface area contributed by atoms with Gasteiger partial charge in [0.15, 0.2) is 11.4 Å². The third kappa shape index (κ3) is 4.49. The third-order valence-corrected chi connectivity index (χ3v) is 5.74. The molecule has 0 unspecified atom stereocenters. The topological polar surface area (TPSA) is 112 Å². The molecule has 0 fully saturated rings. The van der Waals surface area contributed by atoms with E-state index in [0.29, 0.717) is 18.8 Å². The second kappa shape index (κ2) is 9.61. The molecule has 0 aliphatic carbocycles. The number of rotatable bonds is 8.